The van der Waals surface area contributed by atoms with Crippen molar-refractivity contribution in [3.05, 3.63) is 22.7 Å². The van der Waals surface area contributed by atoms with Crippen LogP contribution in [0, 0.1) is 11.5 Å². The smallest absolute Gasteiger partial charge is 0.259 e. The van der Waals surface area contributed by atoms with E-state index in [2.05, 4.69) is 15.9 Å². The molecule has 0 N–H and O–H groups in total. The lowest BCUT2D eigenvalue weighted by atomic mass is 10.2. The Bertz CT molecular complexity index is 466. The molecule has 0 unspecified atom stereocenters. The van der Waals surface area contributed by atoms with Crippen molar-refractivity contribution < 1.29 is 4.79 Å². The molecule has 1 aromatic carbocycles. The number of likely N-dealkylation sites (N-methyl/N-ethyl adjacent to an activating group) is 1. The predicted molar refractivity (Wildman–Crippen MR) is 60.5 cm³/mol. The first-order valence-corrected chi connectivity index (χ1v) is 5.16. The fourth-order valence-electron chi connectivity index (χ4n) is 1.60. The SMILES string of the molecule is CN1CC(=O)N(C#N)c2cc(Br)ccc21. The van der Waals surface area contributed by atoms with Crippen LogP contribution < -0.4 is 9.80 Å². The van der Waals surface area contributed by atoms with E-state index in [-0.39, 0.29) is 12.5 Å². The first kappa shape index (κ1) is 9.99. The molecule has 0 aromatic heterocycles. The van der Waals surface area contributed by atoms with Crippen LogP contribution in [0.15, 0.2) is 22.7 Å². The maximum Gasteiger partial charge on any atom is 0.259 e. The van der Waals surface area contributed by atoms with Gasteiger partial charge in [-0.2, -0.15) is 5.26 Å². The van der Waals surface area contributed by atoms with Gasteiger partial charge in [0, 0.05) is 11.5 Å². The van der Waals surface area contributed by atoms with Crippen LogP contribution in [0.1, 0.15) is 0 Å². The molecule has 0 radical (unpaired) electrons. The first-order valence-electron chi connectivity index (χ1n) is 4.37. The molecule has 2 rings (SSSR count). The fourth-order valence-corrected chi connectivity index (χ4v) is 1.95. The summed E-state index contributed by atoms with van der Waals surface area (Å²) in [7, 11) is 1.83. The van der Waals surface area contributed by atoms with Gasteiger partial charge in [0.15, 0.2) is 6.19 Å². The standard InChI is InChI=1S/C10H8BrN3O/c1-13-5-10(15)14(6-12)9-4-7(11)2-3-8(9)13/h2-4H,5H2,1H3. The van der Waals surface area contributed by atoms with Gasteiger partial charge in [-0.05, 0) is 18.2 Å². The van der Waals surface area contributed by atoms with Crippen molar-refractivity contribution in [1.29, 1.82) is 5.26 Å². The number of hydrogen-bond acceptors (Lipinski definition) is 3. The van der Waals surface area contributed by atoms with Crippen molar-refractivity contribution in [2.45, 2.75) is 0 Å². The molecule has 0 saturated heterocycles. The van der Waals surface area contributed by atoms with Crippen molar-refractivity contribution >= 4 is 33.2 Å². The van der Waals surface area contributed by atoms with E-state index < -0.39 is 0 Å². The summed E-state index contributed by atoms with van der Waals surface area (Å²) in [5.74, 6) is -0.203. The summed E-state index contributed by atoms with van der Waals surface area (Å²) >= 11 is 3.32. The molecule has 0 bridgehead atoms. The third-order valence-corrected chi connectivity index (χ3v) is 2.80. The van der Waals surface area contributed by atoms with Crippen LogP contribution in [0.2, 0.25) is 0 Å². The highest BCUT2D eigenvalue weighted by Gasteiger charge is 2.27. The Morgan fingerprint density at radius 2 is 2.20 bits per heavy atom. The number of anilines is 2. The number of carbonyl (C=O) groups excluding carboxylic acids is 1. The number of halogens is 1. The Balaban J connectivity index is 2.60. The van der Waals surface area contributed by atoms with Crippen LogP contribution in [0.3, 0.4) is 0 Å². The van der Waals surface area contributed by atoms with Gasteiger partial charge >= 0.3 is 0 Å². The molecule has 76 valence electrons. The lowest BCUT2D eigenvalue weighted by Gasteiger charge is -2.30. The molecule has 1 amide bonds. The third-order valence-electron chi connectivity index (χ3n) is 2.31. The summed E-state index contributed by atoms with van der Waals surface area (Å²) in [5.41, 5.74) is 1.52. The molecule has 0 fully saturated rings. The lowest BCUT2D eigenvalue weighted by molar-refractivity contribution is -0.116. The molecular weight excluding hydrogens is 258 g/mol. The molecule has 0 aliphatic carbocycles. The Hall–Kier alpha value is -1.54. The van der Waals surface area contributed by atoms with Crippen molar-refractivity contribution in [2.24, 2.45) is 0 Å². The van der Waals surface area contributed by atoms with Gasteiger partial charge in [0.25, 0.3) is 5.91 Å². The van der Waals surface area contributed by atoms with Gasteiger partial charge in [-0.3, -0.25) is 4.79 Å². The predicted octanol–water partition coefficient (Wildman–Crippen LogP) is 1.71. The minimum absolute atomic E-state index is 0.203. The van der Waals surface area contributed by atoms with Gasteiger partial charge < -0.3 is 4.90 Å². The zero-order valence-electron chi connectivity index (χ0n) is 8.07. The number of benzene rings is 1. The topological polar surface area (TPSA) is 47.3 Å². The van der Waals surface area contributed by atoms with Crippen molar-refractivity contribution in [3.8, 4) is 6.19 Å². The van der Waals surface area contributed by atoms with Gasteiger partial charge in [0.2, 0.25) is 0 Å². The van der Waals surface area contributed by atoms with Crippen LogP contribution in [0.4, 0.5) is 11.4 Å². The van der Waals surface area contributed by atoms with Gasteiger partial charge in [-0.15, -0.1) is 0 Å². The number of carbonyl (C=O) groups is 1. The third kappa shape index (κ3) is 1.57. The molecule has 0 saturated carbocycles. The molecule has 5 heteroatoms. The van der Waals surface area contributed by atoms with Crippen LogP contribution in [0.5, 0.6) is 0 Å². The van der Waals surface area contributed by atoms with Crippen molar-refractivity contribution in [3.63, 3.8) is 0 Å². The zero-order valence-corrected chi connectivity index (χ0v) is 9.65. The number of nitrogens with zero attached hydrogens (tertiary/aromatic N) is 3. The normalized spacial score (nSPS) is 14.9. The largest absolute Gasteiger partial charge is 0.364 e. The van der Waals surface area contributed by atoms with Gasteiger partial charge in [0.1, 0.15) is 0 Å². The second-order valence-corrected chi connectivity index (χ2v) is 4.23. The quantitative estimate of drug-likeness (QED) is 0.671. The molecule has 0 spiro atoms. The Kier molecular flexibility index (Phi) is 2.37. The van der Waals surface area contributed by atoms with Crippen molar-refractivity contribution in [1.82, 2.24) is 0 Å². The van der Waals surface area contributed by atoms with E-state index in [1.165, 1.54) is 0 Å². The van der Waals surface area contributed by atoms with Gasteiger partial charge in [-0.25, -0.2) is 4.90 Å². The zero-order chi connectivity index (χ0) is 11.0. The van der Waals surface area contributed by atoms with Crippen LogP contribution in [-0.2, 0) is 4.79 Å². The number of hydrogen-bond donors (Lipinski definition) is 0. The summed E-state index contributed by atoms with van der Waals surface area (Å²) in [6.07, 6.45) is 1.89. The fraction of sp³-hybridized carbons (Fsp3) is 0.200. The monoisotopic (exact) mass is 265 g/mol. The van der Waals surface area contributed by atoms with E-state index in [4.69, 9.17) is 5.26 Å². The van der Waals surface area contributed by atoms with E-state index >= 15 is 0 Å². The minimum Gasteiger partial charge on any atom is -0.364 e. The highest BCUT2D eigenvalue weighted by atomic mass is 79.9. The first-order chi connectivity index (χ1) is 7.13. The molecule has 1 aromatic rings. The number of nitriles is 1. The maximum absolute atomic E-state index is 11.6. The lowest BCUT2D eigenvalue weighted by Crippen LogP contribution is -2.41. The molecule has 1 aliphatic heterocycles. The molecule has 0 atom stereocenters. The van der Waals surface area contributed by atoms with Crippen molar-refractivity contribution in [2.75, 3.05) is 23.4 Å². The van der Waals surface area contributed by atoms with E-state index in [1.807, 2.05) is 30.3 Å². The highest BCUT2D eigenvalue weighted by Crippen LogP contribution is 2.34. The van der Waals surface area contributed by atoms with Crippen LogP contribution in [0.25, 0.3) is 0 Å². The summed E-state index contributed by atoms with van der Waals surface area (Å²) < 4.78 is 0.851. The van der Waals surface area contributed by atoms with Crippen LogP contribution >= 0.6 is 15.9 Å². The molecular formula is C10H8BrN3O. The minimum atomic E-state index is -0.203. The average Bonchev–Trinajstić information content (AvgIpc) is 2.17. The molecule has 15 heavy (non-hydrogen) atoms. The molecule has 1 aliphatic rings. The maximum atomic E-state index is 11.6. The van der Waals surface area contributed by atoms with Gasteiger partial charge in [0.05, 0.1) is 17.9 Å². The Morgan fingerprint density at radius 1 is 1.47 bits per heavy atom. The summed E-state index contributed by atoms with van der Waals surface area (Å²) in [4.78, 5) is 14.5. The average molecular weight is 266 g/mol. The number of amides is 1. The van der Waals surface area contributed by atoms with E-state index in [9.17, 15) is 4.79 Å². The van der Waals surface area contributed by atoms with E-state index in [0.29, 0.717) is 5.69 Å². The number of fused-ring (bicyclic) bond motifs is 1. The summed E-state index contributed by atoms with van der Waals surface area (Å²) in [6, 6.07) is 5.54. The van der Waals surface area contributed by atoms with E-state index in [1.54, 1.807) is 6.07 Å². The second kappa shape index (κ2) is 3.55. The second-order valence-electron chi connectivity index (χ2n) is 3.32. The summed E-state index contributed by atoms with van der Waals surface area (Å²) in [6.45, 7) is 0.238. The summed E-state index contributed by atoms with van der Waals surface area (Å²) in [5, 5.41) is 8.91. The number of rotatable bonds is 0. The Labute approximate surface area is 95.8 Å². The van der Waals surface area contributed by atoms with Crippen LogP contribution in [-0.4, -0.2) is 19.5 Å². The molecule has 4 nitrogen and oxygen atoms in total. The van der Waals surface area contributed by atoms with E-state index in [0.717, 1.165) is 15.1 Å². The van der Waals surface area contributed by atoms with Gasteiger partial charge in [-0.1, -0.05) is 15.9 Å². The molecule has 1 heterocycles. The Morgan fingerprint density at radius 3 is 2.87 bits per heavy atom. The highest BCUT2D eigenvalue weighted by molar-refractivity contribution is 9.10.